The first kappa shape index (κ1) is 15.6. The minimum Gasteiger partial charge on any atom is -0.480 e. The largest absolute Gasteiger partial charge is 0.480 e. The first-order valence-corrected chi connectivity index (χ1v) is 6.89. The molecule has 0 aliphatic rings. The molecule has 1 N–H and O–H groups in total. The lowest BCUT2D eigenvalue weighted by Gasteiger charge is -2.27. The van der Waals surface area contributed by atoms with Gasteiger partial charge in [0.05, 0.1) is 5.69 Å². The number of rotatable bonds is 6. The Labute approximate surface area is 127 Å². The smallest absolute Gasteiger partial charge is 0.323 e. The quantitative estimate of drug-likeness (QED) is 0.854. The summed E-state index contributed by atoms with van der Waals surface area (Å²) in [7, 11) is 0. The number of carboxylic acid groups (broad SMARTS) is 1. The van der Waals surface area contributed by atoms with Crippen LogP contribution in [0.3, 0.4) is 0 Å². The van der Waals surface area contributed by atoms with E-state index in [2.05, 4.69) is 15.5 Å². The summed E-state index contributed by atoms with van der Waals surface area (Å²) in [5, 5.41) is 19.9. The maximum atomic E-state index is 12.6. The van der Waals surface area contributed by atoms with Crippen molar-refractivity contribution in [3.8, 4) is 5.69 Å². The van der Waals surface area contributed by atoms with Crippen molar-refractivity contribution < 1.29 is 14.7 Å². The summed E-state index contributed by atoms with van der Waals surface area (Å²) in [4.78, 5) is 24.9. The molecule has 1 aromatic carbocycles. The van der Waals surface area contributed by atoms with E-state index in [1.165, 1.54) is 15.9 Å². The van der Waals surface area contributed by atoms with Crippen LogP contribution in [0.15, 0.2) is 30.6 Å². The Bertz CT molecular complexity index is 656. The summed E-state index contributed by atoms with van der Waals surface area (Å²) < 4.78 is 1.43. The SMILES string of the molecule is CCC(C)N(CC(=O)O)C(=O)c1cccc(-n2cnnn2)c1. The van der Waals surface area contributed by atoms with E-state index in [-0.39, 0.29) is 18.5 Å². The number of amides is 1. The van der Waals surface area contributed by atoms with Gasteiger partial charge in [-0.3, -0.25) is 9.59 Å². The molecule has 0 fully saturated rings. The van der Waals surface area contributed by atoms with Crippen molar-refractivity contribution in [3.63, 3.8) is 0 Å². The van der Waals surface area contributed by atoms with Gasteiger partial charge in [0.1, 0.15) is 12.9 Å². The Morgan fingerprint density at radius 2 is 2.18 bits per heavy atom. The van der Waals surface area contributed by atoms with Crippen molar-refractivity contribution in [1.82, 2.24) is 25.1 Å². The number of nitrogens with zero attached hydrogens (tertiary/aromatic N) is 5. The predicted molar refractivity (Wildman–Crippen MR) is 77.6 cm³/mol. The lowest BCUT2D eigenvalue weighted by molar-refractivity contribution is -0.138. The minimum absolute atomic E-state index is 0.166. The highest BCUT2D eigenvalue weighted by Gasteiger charge is 2.23. The number of carboxylic acids is 1. The second-order valence-electron chi connectivity index (χ2n) is 4.89. The minimum atomic E-state index is -1.04. The molecule has 0 spiro atoms. The summed E-state index contributed by atoms with van der Waals surface area (Å²) in [6.45, 7) is 3.40. The lowest BCUT2D eigenvalue weighted by atomic mass is 10.1. The Morgan fingerprint density at radius 3 is 2.77 bits per heavy atom. The van der Waals surface area contributed by atoms with Crippen LogP contribution in [0, 0.1) is 0 Å². The van der Waals surface area contributed by atoms with Crippen LogP contribution < -0.4 is 0 Å². The molecule has 0 saturated heterocycles. The van der Waals surface area contributed by atoms with E-state index >= 15 is 0 Å². The highest BCUT2D eigenvalue weighted by Crippen LogP contribution is 2.14. The van der Waals surface area contributed by atoms with Gasteiger partial charge in [-0.1, -0.05) is 13.0 Å². The molecule has 116 valence electrons. The maximum absolute atomic E-state index is 12.6. The first-order valence-electron chi connectivity index (χ1n) is 6.89. The van der Waals surface area contributed by atoms with Gasteiger partial charge in [-0.25, -0.2) is 4.68 Å². The van der Waals surface area contributed by atoms with Gasteiger partial charge in [-0.2, -0.15) is 0 Å². The van der Waals surface area contributed by atoms with Crippen molar-refractivity contribution >= 4 is 11.9 Å². The van der Waals surface area contributed by atoms with E-state index in [1.807, 2.05) is 13.8 Å². The normalized spacial score (nSPS) is 11.9. The molecule has 2 aromatic rings. The molecule has 1 aromatic heterocycles. The van der Waals surface area contributed by atoms with Gasteiger partial charge >= 0.3 is 5.97 Å². The fourth-order valence-electron chi connectivity index (χ4n) is 2.02. The van der Waals surface area contributed by atoms with E-state index in [0.29, 0.717) is 17.7 Å². The second-order valence-corrected chi connectivity index (χ2v) is 4.89. The number of tetrazole rings is 1. The van der Waals surface area contributed by atoms with Crippen LogP contribution in [0.25, 0.3) is 5.69 Å². The van der Waals surface area contributed by atoms with E-state index in [1.54, 1.807) is 24.3 Å². The number of carbonyl (C=O) groups excluding carboxylic acids is 1. The van der Waals surface area contributed by atoms with Gasteiger partial charge in [-0.15, -0.1) is 5.10 Å². The van der Waals surface area contributed by atoms with Crippen molar-refractivity contribution in [2.45, 2.75) is 26.3 Å². The molecule has 0 radical (unpaired) electrons. The number of hydrogen-bond donors (Lipinski definition) is 1. The van der Waals surface area contributed by atoms with Gasteiger partial charge in [-0.05, 0) is 42.0 Å². The van der Waals surface area contributed by atoms with Crippen LogP contribution in [0.1, 0.15) is 30.6 Å². The Balaban J connectivity index is 2.30. The average Bonchev–Trinajstić information content (AvgIpc) is 3.05. The predicted octanol–water partition coefficient (Wildman–Crippen LogP) is 0.988. The summed E-state index contributed by atoms with van der Waals surface area (Å²) in [5.41, 5.74) is 1.03. The highest BCUT2D eigenvalue weighted by atomic mass is 16.4. The number of aromatic nitrogens is 4. The third kappa shape index (κ3) is 3.46. The molecule has 2 rings (SSSR count). The van der Waals surface area contributed by atoms with Crippen LogP contribution in [-0.2, 0) is 4.79 Å². The topological polar surface area (TPSA) is 101 Å². The average molecular weight is 303 g/mol. The molecule has 1 heterocycles. The van der Waals surface area contributed by atoms with Gasteiger partial charge in [0.15, 0.2) is 0 Å². The van der Waals surface area contributed by atoms with E-state index < -0.39 is 5.97 Å². The summed E-state index contributed by atoms with van der Waals surface area (Å²) >= 11 is 0. The Kier molecular flexibility index (Phi) is 4.82. The fraction of sp³-hybridized carbons (Fsp3) is 0.357. The van der Waals surface area contributed by atoms with Crippen LogP contribution in [-0.4, -0.2) is 54.7 Å². The van der Waals surface area contributed by atoms with Crippen LogP contribution in [0.2, 0.25) is 0 Å². The summed E-state index contributed by atoms with van der Waals surface area (Å²) in [5.74, 6) is -1.36. The van der Waals surface area contributed by atoms with Crippen molar-refractivity contribution in [2.24, 2.45) is 0 Å². The fourth-order valence-corrected chi connectivity index (χ4v) is 2.02. The van der Waals surface area contributed by atoms with E-state index in [0.717, 1.165) is 0 Å². The molecule has 0 aliphatic carbocycles. The van der Waals surface area contributed by atoms with Crippen molar-refractivity contribution in [1.29, 1.82) is 0 Å². The lowest BCUT2D eigenvalue weighted by Crippen LogP contribution is -2.41. The number of benzene rings is 1. The molecule has 8 nitrogen and oxygen atoms in total. The molecule has 1 amide bonds. The van der Waals surface area contributed by atoms with Gasteiger partial charge in [0.2, 0.25) is 0 Å². The maximum Gasteiger partial charge on any atom is 0.323 e. The third-order valence-corrected chi connectivity index (χ3v) is 3.40. The highest BCUT2D eigenvalue weighted by molar-refractivity contribution is 5.96. The third-order valence-electron chi connectivity index (χ3n) is 3.40. The molecule has 1 atom stereocenters. The molecule has 0 aliphatic heterocycles. The van der Waals surface area contributed by atoms with Gasteiger partial charge in [0.25, 0.3) is 5.91 Å². The Morgan fingerprint density at radius 1 is 1.41 bits per heavy atom. The van der Waals surface area contributed by atoms with E-state index in [4.69, 9.17) is 5.11 Å². The number of carbonyl (C=O) groups is 2. The summed E-state index contributed by atoms with van der Waals surface area (Å²) in [6.07, 6.45) is 2.10. The number of hydrogen-bond acceptors (Lipinski definition) is 5. The number of aliphatic carboxylic acids is 1. The zero-order chi connectivity index (χ0) is 16.1. The summed E-state index contributed by atoms with van der Waals surface area (Å²) in [6, 6.07) is 6.58. The molecule has 8 heteroatoms. The van der Waals surface area contributed by atoms with Crippen molar-refractivity contribution in [2.75, 3.05) is 6.54 Å². The van der Waals surface area contributed by atoms with Gasteiger partial charge in [0, 0.05) is 11.6 Å². The molecule has 0 bridgehead atoms. The molecule has 0 saturated carbocycles. The molecule has 22 heavy (non-hydrogen) atoms. The van der Waals surface area contributed by atoms with Gasteiger partial charge < -0.3 is 10.0 Å². The Hall–Kier alpha value is -2.77. The molecule has 1 unspecified atom stereocenters. The van der Waals surface area contributed by atoms with E-state index in [9.17, 15) is 9.59 Å². The zero-order valence-corrected chi connectivity index (χ0v) is 12.4. The zero-order valence-electron chi connectivity index (χ0n) is 12.4. The molecular formula is C14H17N5O3. The monoisotopic (exact) mass is 303 g/mol. The second kappa shape index (κ2) is 6.79. The first-order chi connectivity index (χ1) is 10.5. The van der Waals surface area contributed by atoms with Crippen molar-refractivity contribution in [3.05, 3.63) is 36.2 Å². The molecular weight excluding hydrogens is 286 g/mol. The van der Waals surface area contributed by atoms with Crippen LogP contribution in [0.5, 0.6) is 0 Å². The standard InChI is InChI=1S/C14H17N5O3/c1-3-10(2)18(8-13(20)21)14(22)11-5-4-6-12(7-11)19-9-15-16-17-19/h4-7,9-10H,3,8H2,1-2H3,(H,20,21). The van der Waals surface area contributed by atoms with Crippen LogP contribution in [0.4, 0.5) is 0 Å². The van der Waals surface area contributed by atoms with Crippen LogP contribution >= 0.6 is 0 Å².